The molecular weight excluding hydrogens is 361 g/mol. The van der Waals surface area contributed by atoms with E-state index in [1.54, 1.807) is 13.0 Å². The van der Waals surface area contributed by atoms with Gasteiger partial charge in [-0.1, -0.05) is 17.7 Å². The maximum Gasteiger partial charge on any atom is 0.573 e. The number of phenolic OH excluding ortho intramolecular Hbond substituents is 1. The average molecular weight is 377 g/mol. The van der Waals surface area contributed by atoms with Crippen molar-refractivity contribution in [2.24, 2.45) is 5.84 Å². The van der Waals surface area contributed by atoms with Crippen molar-refractivity contribution in [1.29, 1.82) is 0 Å². The lowest BCUT2D eigenvalue weighted by Crippen LogP contribution is -2.27. The molecule has 9 heteroatoms. The van der Waals surface area contributed by atoms with Crippen molar-refractivity contribution >= 4 is 17.3 Å². The van der Waals surface area contributed by atoms with Crippen LogP contribution in [0.15, 0.2) is 30.3 Å². The second-order valence-electron chi connectivity index (χ2n) is 5.27. The number of hydrogen-bond donors (Lipinski definition) is 2. The third-order valence-electron chi connectivity index (χ3n) is 3.33. The number of anilines is 1. The third-order valence-corrected chi connectivity index (χ3v) is 3.63. The Hall–Kier alpha value is -2.32. The highest BCUT2D eigenvalue weighted by atomic mass is 35.5. The van der Waals surface area contributed by atoms with Gasteiger partial charge in [0.1, 0.15) is 23.9 Å². The number of aryl methyl sites for hydroxylation is 1. The fraction of sp³-hybridized carbons (Fsp3) is 0.250. The molecule has 0 saturated carbocycles. The summed E-state index contributed by atoms with van der Waals surface area (Å²) < 4.78 is 47.5. The van der Waals surface area contributed by atoms with Crippen LogP contribution < -0.4 is 20.3 Å². The van der Waals surface area contributed by atoms with E-state index in [1.807, 2.05) is 0 Å². The van der Waals surface area contributed by atoms with Gasteiger partial charge in [0.05, 0.1) is 16.3 Å². The SMILES string of the molecule is Cc1cc(O)c(Cl)cc1OCc1c(OC(F)(F)F)cccc1N(C)N. The molecule has 0 spiro atoms. The van der Waals surface area contributed by atoms with Crippen LogP contribution in [0.1, 0.15) is 11.1 Å². The molecule has 0 aliphatic carbocycles. The molecule has 3 N–H and O–H groups in total. The van der Waals surface area contributed by atoms with Crippen molar-refractivity contribution < 1.29 is 27.8 Å². The van der Waals surface area contributed by atoms with Gasteiger partial charge in [-0.2, -0.15) is 0 Å². The second-order valence-corrected chi connectivity index (χ2v) is 5.68. The zero-order valence-electron chi connectivity index (χ0n) is 13.4. The first-order chi connectivity index (χ1) is 11.6. The van der Waals surface area contributed by atoms with Gasteiger partial charge in [-0.05, 0) is 30.7 Å². The summed E-state index contributed by atoms with van der Waals surface area (Å²) >= 11 is 5.84. The number of halogens is 4. The first-order valence-electron chi connectivity index (χ1n) is 7.06. The largest absolute Gasteiger partial charge is 0.573 e. The summed E-state index contributed by atoms with van der Waals surface area (Å²) in [5.41, 5.74) is 0.997. The Labute approximate surface area is 147 Å². The molecule has 0 unspecified atom stereocenters. The highest BCUT2D eigenvalue weighted by Crippen LogP contribution is 2.35. The molecule has 25 heavy (non-hydrogen) atoms. The minimum atomic E-state index is -4.85. The molecule has 2 aromatic rings. The van der Waals surface area contributed by atoms with Crippen LogP contribution in [0.2, 0.25) is 5.02 Å². The van der Waals surface area contributed by atoms with Crippen LogP contribution in [0.3, 0.4) is 0 Å². The molecular formula is C16H16ClF3N2O3. The monoisotopic (exact) mass is 376 g/mol. The van der Waals surface area contributed by atoms with Gasteiger partial charge >= 0.3 is 6.36 Å². The van der Waals surface area contributed by atoms with Gasteiger partial charge in [-0.3, -0.25) is 0 Å². The Balaban J connectivity index is 2.36. The maximum atomic E-state index is 12.6. The molecule has 0 aliphatic heterocycles. The maximum absolute atomic E-state index is 12.6. The Morgan fingerprint density at radius 3 is 2.52 bits per heavy atom. The van der Waals surface area contributed by atoms with Gasteiger partial charge in [0, 0.05) is 13.1 Å². The quantitative estimate of drug-likeness (QED) is 0.606. The Morgan fingerprint density at radius 2 is 1.92 bits per heavy atom. The summed E-state index contributed by atoms with van der Waals surface area (Å²) in [5.74, 6) is 5.46. The van der Waals surface area contributed by atoms with Crippen LogP contribution in [0.5, 0.6) is 17.2 Å². The van der Waals surface area contributed by atoms with E-state index in [2.05, 4.69) is 4.74 Å². The van der Waals surface area contributed by atoms with Crippen LogP contribution in [-0.4, -0.2) is 18.5 Å². The minimum absolute atomic E-state index is 0.0663. The number of nitrogens with two attached hydrogens (primary N) is 1. The lowest BCUT2D eigenvalue weighted by molar-refractivity contribution is -0.275. The molecule has 0 atom stereocenters. The summed E-state index contributed by atoms with van der Waals surface area (Å²) in [6, 6.07) is 6.89. The van der Waals surface area contributed by atoms with Crippen molar-refractivity contribution in [1.82, 2.24) is 0 Å². The fourth-order valence-electron chi connectivity index (χ4n) is 2.20. The topological polar surface area (TPSA) is 68.0 Å². The van der Waals surface area contributed by atoms with Crippen LogP contribution >= 0.6 is 11.6 Å². The number of alkyl halides is 3. The molecule has 0 saturated heterocycles. The number of ether oxygens (including phenoxy) is 2. The molecule has 136 valence electrons. The summed E-state index contributed by atoms with van der Waals surface area (Å²) in [6.45, 7) is 1.42. The van der Waals surface area contributed by atoms with Crippen molar-refractivity contribution in [3.8, 4) is 17.2 Å². The molecule has 0 fully saturated rings. The van der Waals surface area contributed by atoms with Crippen LogP contribution in [0, 0.1) is 6.92 Å². The number of phenols is 1. The first-order valence-corrected chi connectivity index (χ1v) is 7.44. The lowest BCUT2D eigenvalue weighted by Gasteiger charge is -2.21. The Kier molecular flexibility index (Phi) is 5.54. The van der Waals surface area contributed by atoms with E-state index in [0.717, 1.165) is 0 Å². The number of rotatable bonds is 5. The van der Waals surface area contributed by atoms with Gasteiger partial charge in [-0.25, -0.2) is 5.84 Å². The van der Waals surface area contributed by atoms with Crippen LogP contribution in [0.25, 0.3) is 0 Å². The third kappa shape index (κ3) is 4.83. The van der Waals surface area contributed by atoms with Gasteiger partial charge in [0.15, 0.2) is 0 Å². The van der Waals surface area contributed by atoms with Crippen LogP contribution in [-0.2, 0) is 6.61 Å². The number of nitrogens with zero attached hydrogens (tertiary/aromatic N) is 1. The van der Waals surface area contributed by atoms with E-state index >= 15 is 0 Å². The summed E-state index contributed by atoms with van der Waals surface area (Å²) in [6.07, 6.45) is -4.85. The fourth-order valence-corrected chi connectivity index (χ4v) is 2.36. The smallest absolute Gasteiger partial charge is 0.506 e. The molecule has 2 aromatic carbocycles. The van der Waals surface area contributed by atoms with Crippen molar-refractivity contribution in [2.75, 3.05) is 12.1 Å². The van der Waals surface area contributed by atoms with E-state index in [9.17, 15) is 18.3 Å². The molecule has 0 bridgehead atoms. The standard InChI is InChI=1S/C16H16ClF3N2O3/c1-9-6-13(23)11(17)7-15(9)24-8-10-12(22(2)21)4-3-5-14(10)25-16(18,19)20/h3-7,23H,8,21H2,1-2H3. The van der Waals surface area contributed by atoms with Crippen molar-refractivity contribution in [3.05, 3.63) is 46.5 Å². The summed E-state index contributed by atoms with van der Waals surface area (Å²) in [4.78, 5) is 0. The zero-order valence-corrected chi connectivity index (χ0v) is 14.1. The average Bonchev–Trinajstić information content (AvgIpc) is 2.48. The van der Waals surface area contributed by atoms with Gasteiger partial charge in [0.2, 0.25) is 0 Å². The molecule has 2 rings (SSSR count). The van der Waals surface area contributed by atoms with E-state index < -0.39 is 12.1 Å². The number of hydrazine groups is 1. The molecule has 0 aliphatic rings. The minimum Gasteiger partial charge on any atom is -0.506 e. The lowest BCUT2D eigenvalue weighted by atomic mass is 10.1. The number of benzene rings is 2. The van der Waals surface area contributed by atoms with Crippen molar-refractivity contribution in [3.63, 3.8) is 0 Å². The molecule has 0 radical (unpaired) electrons. The van der Waals surface area contributed by atoms with E-state index in [0.29, 0.717) is 17.0 Å². The predicted octanol–water partition coefficient (Wildman–Crippen LogP) is 4.14. The predicted molar refractivity (Wildman–Crippen MR) is 87.9 cm³/mol. The van der Waals surface area contributed by atoms with Crippen molar-refractivity contribution in [2.45, 2.75) is 19.9 Å². The molecule has 0 heterocycles. The van der Waals surface area contributed by atoms with Crippen LogP contribution in [0.4, 0.5) is 18.9 Å². The van der Waals surface area contributed by atoms with Gasteiger partial charge in [0.25, 0.3) is 0 Å². The summed E-state index contributed by atoms with van der Waals surface area (Å²) in [7, 11) is 1.48. The highest BCUT2D eigenvalue weighted by molar-refractivity contribution is 6.32. The number of aromatic hydroxyl groups is 1. The Morgan fingerprint density at radius 1 is 1.24 bits per heavy atom. The normalized spacial score (nSPS) is 11.3. The van der Waals surface area contributed by atoms with Gasteiger partial charge in [-0.15, -0.1) is 13.2 Å². The summed E-state index contributed by atoms with van der Waals surface area (Å²) in [5, 5.41) is 10.8. The van der Waals surface area contributed by atoms with E-state index in [-0.39, 0.29) is 22.9 Å². The number of hydrogen-bond acceptors (Lipinski definition) is 5. The zero-order chi connectivity index (χ0) is 18.8. The Bertz CT molecular complexity index is 767. The van der Waals surface area contributed by atoms with E-state index in [4.69, 9.17) is 22.2 Å². The molecule has 5 nitrogen and oxygen atoms in total. The van der Waals surface area contributed by atoms with Gasteiger partial charge < -0.3 is 19.6 Å². The first kappa shape index (κ1) is 19.0. The van der Waals surface area contributed by atoms with E-state index in [1.165, 1.54) is 36.3 Å². The molecule has 0 amide bonds. The highest BCUT2D eigenvalue weighted by Gasteiger charge is 2.32. The second kappa shape index (κ2) is 7.28. The molecule has 0 aromatic heterocycles.